The Labute approximate surface area is 140 Å². The van der Waals surface area contributed by atoms with Gasteiger partial charge in [0.1, 0.15) is 17.9 Å². The molecule has 3 rings (SSSR count). The molecule has 0 aliphatic rings. The number of nitriles is 2. The highest BCUT2D eigenvalue weighted by Gasteiger charge is 2.06. The first kappa shape index (κ1) is 15.5. The van der Waals surface area contributed by atoms with E-state index in [1.807, 2.05) is 42.6 Å². The standard InChI is InChI=1S/C19H16N4O/c1-24-17-4-5-19-18(9-17)14(12-23-19)6-7-22-16-3-2-13(10-20)15(8-16)11-21/h2-5,8-9,12,22-23H,6-7H2,1H3. The second-order valence-corrected chi connectivity index (χ2v) is 5.39. The highest BCUT2D eigenvalue weighted by Crippen LogP contribution is 2.24. The topological polar surface area (TPSA) is 84.6 Å². The molecule has 0 spiro atoms. The molecule has 0 aliphatic carbocycles. The lowest BCUT2D eigenvalue weighted by atomic mass is 10.1. The maximum absolute atomic E-state index is 9.07. The largest absolute Gasteiger partial charge is 0.497 e. The summed E-state index contributed by atoms with van der Waals surface area (Å²) >= 11 is 0. The van der Waals surface area contributed by atoms with Gasteiger partial charge in [-0.15, -0.1) is 0 Å². The molecule has 0 radical (unpaired) electrons. The van der Waals surface area contributed by atoms with Gasteiger partial charge in [-0.2, -0.15) is 10.5 Å². The molecule has 1 heterocycles. The number of hydrogen-bond donors (Lipinski definition) is 2. The molecule has 0 unspecified atom stereocenters. The SMILES string of the molecule is COc1ccc2[nH]cc(CCNc3ccc(C#N)c(C#N)c3)c2c1. The lowest BCUT2D eigenvalue weighted by molar-refractivity contribution is 0.415. The minimum atomic E-state index is 0.388. The summed E-state index contributed by atoms with van der Waals surface area (Å²) in [5.74, 6) is 0.835. The fourth-order valence-corrected chi connectivity index (χ4v) is 2.68. The van der Waals surface area contributed by atoms with E-state index in [0.29, 0.717) is 11.1 Å². The van der Waals surface area contributed by atoms with Crippen LogP contribution in [-0.4, -0.2) is 18.6 Å². The molecule has 1 aromatic heterocycles. The van der Waals surface area contributed by atoms with Gasteiger partial charge in [-0.3, -0.25) is 0 Å². The number of rotatable bonds is 5. The van der Waals surface area contributed by atoms with Gasteiger partial charge in [-0.25, -0.2) is 0 Å². The molecule has 3 aromatic rings. The number of hydrogen-bond acceptors (Lipinski definition) is 4. The number of nitrogens with one attached hydrogen (secondary N) is 2. The number of aromatic amines is 1. The van der Waals surface area contributed by atoms with E-state index in [2.05, 4.69) is 10.3 Å². The van der Waals surface area contributed by atoms with E-state index in [0.717, 1.165) is 35.3 Å². The minimum absolute atomic E-state index is 0.388. The molecule has 2 aromatic carbocycles. The van der Waals surface area contributed by atoms with Gasteiger partial charge in [0.2, 0.25) is 0 Å². The van der Waals surface area contributed by atoms with Crippen molar-refractivity contribution in [1.29, 1.82) is 10.5 Å². The Morgan fingerprint density at radius 3 is 2.67 bits per heavy atom. The normalized spacial score (nSPS) is 10.1. The monoisotopic (exact) mass is 316 g/mol. The molecule has 0 atom stereocenters. The van der Waals surface area contributed by atoms with E-state index in [1.54, 1.807) is 19.2 Å². The van der Waals surface area contributed by atoms with Crippen molar-refractivity contribution in [3.63, 3.8) is 0 Å². The third-order valence-electron chi connectivity index (χ3n) is 3.96. The maximum Gasteiger partial charge on any atom is 0.119 e. The number of H-pyrrole nitrogens is 1. The van der Waals surface area contributed by atoms with Crippen LogP contribution >= 0.6 is 0 Å². The van der Waals surface area contributed by atoms with E-state index >= 15 is 0 Å². The number of anilines is 1. The Balaban J connectivity index is 1.71. The Morgan fingerprint density at radius 1 is 1.08 bits per heavy atom. The van der Waals surface area contributed by atoms with Crippen LogP contribution in [0.3, 0.4) is 0 Å². The first-order valence-corrected chi connectivity index (χ1v) is 7.57. The van der Waals surface area contributed by atoms with E-state index in [-0.39, 0.29) is 0 Å². The van der Waals surface area contributed by atoms with Crippen LogP contribution in [0.4, 0.5) is 5.69 Å². The van der Waals surface area contributed by atoms with Gasteiger partial charge in [0.25, 0.3) is 0 Å². The fourth-order valence-electron chi connectivity index (χ4n) is 2.68. The second-order valence-electron chi connectivity index (χ2n) is 5.39. The summed E-state index contributed by atoms with van der Waals surface area (Å²) < 4.78 is 5.28. The highest BCUT2D eigenvalue weighted by molar-refractivity contribution is 5.84. The van der Waals surface area contributed by atoms with Crippen LogP contribution in [0, 0.1) is 22.7 Å². The third kappa shape index (κ3) is 3.02. The highest BCUT2D eigenvalue weighted by atomic mass is 16.5. The van der Waals surface area contributed by atoms with Crippen molar-refractivity contribution in [1.82, 2.24) is 4.98 Å². The van der Waals surface area contributed by atoms with Crippen LogP contribution in [0.25, 0.3) is 10.9 Å². The zero-order valence-corrected chi connectivity index (χ0v) is 13.3. The molecule has 0 aliphatic heterocycles. The molecular formula is C19H16N4O. The van der Waals surface area contributed by atoms with E-state index in [4.69, 9.17) is 15.3 Å². The summed E-state index contributed by atoms with van der Waals surface area (Å²) in [4.78, 5) is 3.26. The molecule has 5 heteroatoms. The minimum Gasteiger partial charge on any atom is -0.497 e. The van der Waals surface area contributed by atoms with E-state index < -0.39 is 0 Å². The zero-order valence-electron chi connectivity index (χ0n) is 13.3. The molecule has 118 valence electrons. The van der Waals surface area contributed by atoms with Crippen molar-refractivity contribution >= 4 is 16.6 Å². The molecular weight excluding hydrogens is 300 g/mol. The number of ether oxygens (including phenoxy) is 1. The summed E-state index contributed by atoms with van der Waals surface area (Å²) in [5.41, 5.74) is 3.90. The van der Waals surface area contributed by atoms with Gasteiger partial charge in [0, 0.05) is 29.3 Å². The van der Waals surface area contributed by atoms with E-state index in [9.17, 15) is 0 Å². The van der Waals surface area contributed by atoms with Crippen LogP contribution in [0.5, 0.6) is 5.75 Å². The molecule has 5 nitrogen and oxygen atoms in total. The van der Waals surface area contributed by atoms with Crippen LogP contribution in [0.2, 0.25) is 0 Å². The van der Waals surface area contributed by atoms with Gasteiger partial charge in [-0.1, -0.05) is 0 Å². The van der Waals surface area contributed by atoms with Crippen molar-refractivity contribution in [3.8, 4) is 17.9 Å². The predicted octanol–water partition coefficient (Wildman–Crippen LogP) is 3.57. The summed E-state index contributed by atoms with van der Waals surface area (Å²) in [6, 6.07) is 15.2. The lowest BCUT2D eigenvalue weighted by Crippen LogP contribution is -2.05. The van der Waals surface area contributed by atoms with Crippen molar-refractivity contribution < 1.29 is 4.74 Å². The fraction of sp³-hybridized carbons (Fsp3) is 0.158. The molecule has 0 saturated heterocycles. The number of benzene rings is 2. The third-order valence-corrected chi connectivity index (χ3v) is 3.96. The summed E-state index contributed by atoms with van der Waals surface area (Å²) in [5, 5.41) is 22.5. The van der Waals surface area contributed by atoms with Crippen LogP contribution in [-0.2, 0) is 6.42 Å². The number of nitrogens with zero attached hydrogens (tertiary/aromatic N) is 2. The molecule has 0 fully saturated rings. The Kier molecular flexibility index (Phi) is 4.36. The zero-order chi connectivity index (χ0) is 16.9. The van der Waals surface area contributed by atoms with Crippen LogP contribution in [0.1, 0.15) is 16.7 Å². The van der Waals surface area contributed by atoms with Gasteiger partial charge >= 0.3 is 0 Å². The summed E-state index contributed by atoms with van der Waals surface area (Å²) in [6.07, 6.45) is 2.83. The lowest BCUT2D eigenvalue weighted by Gasteiger charge is -2.07. The molecule has 0 saturated carbocycles. The Hall–Kier alpha value is -3.44. The first-order chi connectivity index (χ1) is 11.7. The van der Waals surface area contributed by atoms with Crippen molar-refractivity contribution in [3.05, 3.63) is 59.3 Å². The number of methoxy groups -OCH3 is 1. The predicted molar refractivity (Wildman–Crippen MR) is 92.9 cm³/mol. The number of aromatic nitrogens is 1. The average molecular weight is 316 g/mol. The summed E-state index contributed by atoms with van der Waals surface area (Å²) in [7, 11) is 1.66. The van der Waals surface area contributed by atoms with Crippen molar-refractivity contribution in [2.75, 3.05) is 19.0 Å². The first-order valence-electron chi connectivity index (χ1n) is 7.57. The average Bonchev–Trinajstić information content (AvgIpc) is 3.03. The smallest absolute Gasteiger partial charge is 0.119 e. The van der Waals surface area contributed by atoms with Crippen LogP contribution in [0.15, 0.2) is 42.6 Å². The van der Waals surface area contributed by atoms with Crippen molar-refractivity contribution in [2.45, 2.75) is 6.42 Å². The van der Waals surface area contributed by atoms with Gasteiger partial charge < -0.3 is 15.0 Å². The molecule has 0 amide bonds. The second kappa shape index (κ2) is 6.76. The Morgan fingerprint density at radius 2 is 1.92 bits per heavy atom. The Bertz CT molecular complexity index is 960. The molecule has 24 heavy (non-hydrogen) atoms. The van der Waals surface area contributed by atoms with Crippen LogP contribution < -0.4 is 10.1 Å². The maximum atomic E-state index is 9.07. The van der Waals surface area contributed by atoms with Gasteiger partial charge in [0.15, 0.2) is 0 Å². The molecule has 0 bridgehead atoms. The number of fused-ring (bicyclic) bond motifs is 1. The molecule has 2 N–H and O–H groups in total. The van der Waals surface area contributed by atoms with Gasteiger partial charge in [-0.05, 0) is 48.4 Å². The van der Waals surface area contributed by atoms with Gasteiger partial charge in [0.05, 0.1) is 18.2 Å². The quantitative estimate of drug-likeness (QED) is 0.753. The van der Waals surface area contributed by atoms with Crippen molar-refractivity contribution in [2.24, 2.45) is 0 Å². The summed E-state index contributed by atoms with van der Waals surface area (Å²) in [6.45, 7) is 0.723. The van der Waals surface area contributed by atoms with E-state index in [1.165, 1.54) is 5.56 Å².